The molecule has 3 aromatic heterocycles. The van der Waals surface area contributed by atoms with Gasteiger partial charge in [-0.25, -0.2) is 4.98 Å². The molecule has 3 heterocycles. The average molecular weight is 484 g/mol. The molecule has 0 fully saturated rings. The second-order valence-corrected chi connectivity index (χ2v) is 9.22. The third-order valence-electron chi connectivity index (χ3n) is 5.06. The predicted octanol–water partition coefficient (Wildman–Crippen LogP) is 3.57. The van der Waals surface area contributed by atoms with Crippen LogP contribution in [0.3, 0.4) is 0 Å². The van der Waals surface area contributed by atoms with Crippen LogP contribution in [0.15, 0.2) is 16.9 Å². The maximum Gasteiger partial charge on any atom is 0.417 e. The zero-order valence-electron chi connectivity index (χ0n) is 17.8. The maximum atomic E-state index is 14.0. The van der Waals surface area contributed by atoms with E-state index < -0.39 is 31.1 Å². The molecule has 0 aliphatic rings. The van der Waals surface area contributed by atoms with E-state index in [0.29, 0.717) is 17.9 Å². The van der Waals surface area contributed by atoms with Crippen molar-refractivity contribution in [3.05, 3.63) is 45.4 Å². The zero-order chi connectivity index (χ0) is 24.1. The maximum absolute atomic E-state index is 14.0. The number of halogens is 3. The molecule has 4 aromatic rings. The Morgan fingerprint density at radius 3 is 2.55 bits per heavy atom. The van der Waals surface area contributed by atoms with E-state index in [4.69, 9.17) is 4.52 Å². The summed E-state index contributed by atoms with van der Waals surface area (Å²) in [7, 11) is -4.13. The van der Waals surface area contributed by atoms with Crippen LogP contribution < -0.4 is 5.56 Å². The minimum Gasteiger partial charge on any atom is -0.346 e. The number of nitrogens with zero attached hydrogens (tertiary/aromatic N) is 4. The average Bonchev–Trinajstić information content (AvgIpc) is 3.30. The first kappa shape index (κ1) is 23.1. The van der Waals surface area contributed by atoms with Crippen LogP contribution in [0.25, 0.3) is 27.9 Å². The summed E-state index contributed by atoms with van der Waals surface area (Å²) in [6, 6.07) is 2.04. The minimum absolute atomic E-state index is 0.0386. The highest BCUT2D eigenvalue weighted by atomic mass is 31.2. The molecule has 3 N–H and O–H groups in total. The van der Waals surface area contributed by atoms with Crippen molar-refractivity contribution in [3.63, 3.8) is 0 Å². The molecule has 33 heavy (non-hydrogen) atoms. The lowest BCUT2D eigenvalue weighted by molar-refractivity contribution is -0.137. The summed E-state index contributed by atoms with van der Waals surface area (Å²) in [5.41, 5.74) is -1.70. The molecular formula is C19H20F3N6O4P. The van der Waals surface area contributed by atoms with Crippen LogP contribution in [-0.2, 0) is 27.8 Å². The van der Waals surface area contributed by atoms with Gasteiger partial charge >= 0.3 is 13.8 Å². The van der Waals surface area contributed by atoms with E-state index in [0.717, 1.165) is 6.07 Å². The Morgan fingerprint density at radius 2 is 1.94 bits per heavy atom. The van der Waals surface area contributed by atoms with E-state index in [1.807, 2.05) is 6.92 Å². The third-order valence-corrected chi connectivity index (χ3v) is 6.40. The molecule has 0 amide bonds. The predicted molar refractivity (Wildman–Crippen MR) is 113 cm³/mol. The molecule has 1 atom stereocenters. The van der Waals surface area contributed by atoms with Crippen molar-refractivity contribution in [2.24, 2.45) is 0 Å². The molecule has 0 aliphatic carbocycles. The van der Waals surface area contributed by atoms with Gasteiger partial charge in [0.15, 0.2) is 0 Å². The third kappa shape index (κ3) is 4.19. The van der Waals surface area contributed by atoms with Gasteiger partial charge in [0.25, 0.3) is 5.56 Å². The van der Waals surface area contributed by atoms with Gasteiger partial charge in [0, 0.05) is 17.7 Å². The Morgan fingerprint density at radius 1 is 1.21 bits per heavy atom. The van der Waals surface area contributed by atoms with Gasteiger partial charge in [-0.3, -0.25) is 13.8 Å². The van der Waals surface area contributed by atoms with Crippen molar-refractivity contribution >= 4 is 24.3 Å². The number of aromatic amines is 2. The van der Waals surface area contributed by atoms with Crippen molar-refractivity contribution < 1.29 is 27.2 Å². The topological polar surface area (TPSA) is 138 Å². The Bertz CT molecular complexity index is 1470. The normalized spacial score (nSPS) is 14.3. The first-order valence-corrected chi connectivity index (χ1v) is 11.7. The van der Waals surface area contributed by atoms with Crippen LogP contribution in [0.5, 0.6) is 0 Å². The summed E-state index contributed by atoms with van der Waals surface area (Å²) in [6.45, 7) is 4.93. The standard InChI is InChI=1S/C19H20F3N6O4P/c1-4-14-23-9(3)16(25-14)10-6-13-12(7-11(10)19(20,21)22)24-18(29)17-27-26-15(28(13)17)8-33(30,31)32-5-2/h6-7H,4-5,8H2,1-3H3,(H,23,25)(H,24,29)(H,30,31). The van der Waals surface area contributed by atoms with Gasteiger partial charge in [0.2, 0.25) is 5.65 Å². The highest BCUT2D eigenvalue weighted by Crippen LogP contribution is 2.45. The largest absolute Gasteiger partial charge is 0.417 e. The number of alkyl halides is 3. The minimum atomic E-state index is -4.74. The number of imidazole rings is 1. The number of nitrogens with one attached hydrogen (secondary N) is 2. The Kier molecular flexibility index (Phi) is 5.67. The summed E-state index contributed by atoms with van der Waals surface area (Å²) < 4.78 is 60.3. The number of aryl methyl sites for hydroxylation is 2. The van der Waals surface area contributed by atoms with Crippen molar-refractivity contribution in [2.75, 3.05) is 6.61 Å². The van der Waals surface area contributed by atoms with Crippen LogP contribution >= 0.6 is 7.60 Å². The van der Waals surface area contributed by atoms with Crippen LogP contribution in [0.4, 0.5) is 13.2 Å². The van der Waals surface area contributed by atoms with E-state index in [1.165, 1.54) is 17.4 Å². The molecule has 0 spiro atoms. The molecule has 0 aliphatic heterocycles. The second-order valence-electron chi connectivity index (χ2n) is 7.37. The Hall–Kier alpha value is -3.02. The molecule has 14 heteroatoms. The first-order valence-electron chi connectivity index (χ1n) is 9.98. The van der Waals surface area contributed by atoms with Gasteiger partial charge in [0.05, 0.1) is 28.9 Å². The van der Waals surface area contributed by atoms with E-state index in [1.54, 1.807) is 6.92 Å². The fourth-order valence-electron chi connectivity index (χ4n) is 3.68. The number of hydrogen-bond acceptors (Lipinski definition) is 6. The number of H-pyrrole nitrogens is 2. The molecule has 0 saturated carbocycles. The second kappa shape index (κ2) is 8.08. The first-order chi connectivity index (χ1) is 15.4. The summed E-state index contributed by atoms with van der Waals surface area (Å²) >= 11 is 0. The van der Waals surface area contributed by atoms with Gasteiger partial charge in [-0.2, -0.15) is 13.2 Å². The Balaban J connectivity index is 2.07. The van der Waals surface area contributed by atoms with Crippen LogP contribution in [0, 0.1) is 6.92 Å². The molecule has 0 bridgehead atoms. The van der Waals surface area contributed by atoms with E-state index in [-0.39, 0.29) is 40.4 Å². The van der Waals surface area contributed by atoms with Gasteiger partial charge < -0.3 is 19.4 Å². The molecule has 176 valence electrons. The van der Waals surface area contributed by atoms with Crippen molar-refractivity contribution in [3.8, 4) is 11.3 Å². The van der Waals surface area contributed by atoms with Crippen LogP contribution in [0.2, 0.25) is 0 Å². The van der Waals surface area contributed by atoms with Crippen LogP contribution in [0.1, 0.15) is 36.8 Å². The van der Waals surface area contributed by atoms with Crippen molar-refractivity contribution in [1.29, 1.82) is 0 Å². The van der Waals surface area contributed by atoms with E-state index in [9.17, 15) is 27.4 Å². The monoisotopic (exact) mass is 484 g/mol. The smallest absolute Gasteiger partial charge is 0.346 e. The van der Waals surface area contributed by atoms with Gasteiger partial charge in [-0.1, -0.05) is 6.92 Å². The fourth-order valence-corrected chi connectivity index (χ4v) is 4.74. The highest BCUT2D eigenvalue weighted by Gasteiger charge is 2.36. The summed E-state index contributed by atoms with van der Waals surface area (Å²) in [5.74, 6) is 0.421. The lowest BCUT2D eigenvalue weighted by Crippen LogP contribution is -2.14. The van der Waals surface area contributed by atoms with Crippen molar-refractivity contribution in [1.82, 2.24) is 29.5 Å². The number of aromatic nitrogens is 6. The molecule has 10 nitrogen and oxygen atoms in total. The quantitative estimate of drug-likeness (QED) is 0.356. The molecular weight excluding hydrogens is 464 g/mol. The fraction of sp³-hybridized carbons (Fsp3) is 0.368. The lowest BCUT2D eigenvalue weighted by Gasteiger charge is -2.15. The van der Waals surface area contributed by atoms with Crippen molar-refractivity contribution in [2.45, 2.75) is 39.5 Å². The number of fused-ring (bicyclic) bond motifs is 3. The summed E-state index contributed by atoms with van der Waals surface area (Å²) in [4.78, 5) is 32.2. The molecule has 1 aromatic carbocycles. The number of rotatable bonds is 6. The number of benzene rings is 1. The van der Waals surface area contributed by atoms with Gasteiger partial charge in [0.1, 0.15) is 17.8 Å². The molecule has 0 saturated heterocycles. The lowest BCUT2D eigenvalue weighted by atomic mass is 10.0. The highest BCUT2D eigenvalue weighted by molar-refractivity contribution is 7.51. The van der Waals surface area contributed by atoms with Gasteiger partial charge in [-0.15, -0.1) is 10.2 Å². The molecule has 1 unspecified atom stereocenters. The van der Waals surface area contributed by atoms with Crippen LogP contribution in [-0.4, -0.2) is 41.1 Å². The van der Waals surface area contributed by atoms with E-state index in [2.05, 4.69) is 25.1 Å². The summed E-state index contributed by atoms with van der Waals surface area (Å²) in [6.07, 6.45) is -4.83. The molecule has 4 rings (SSSR count). The SMILES string of the molecule is CCOP(=O)(O)Cc1nnc2c(=O)[nH]c3cc(C(F)(F)F)c(-c4nc(CC)[nH]c4C)cc3n12. The van der Waals surface area contributed by atoms with E-state index >= 15 is 0 Å². The summed E-state index contributed by atoms with van der Waals surface area (Å²) in [5, 5.41) is 7.58. The zero-order valence-corrected chi connectivity index (χ0v) is 18.7. The molecule has 0 radical (unpaired) electrons. The Labute approximate surface area is 184 Å². The van der Waals surface area contributed by atoms with Gasteiger partial charge in [-0.05, 0) is 26.0 Å². The number of hydrogen-bond donors (Lipinski definition) is 3.